The minimum Gasteiger partial charge on any atom is -0.394 e. The van der Waals surface area contributed by atoms with Gasteiger partial charge in [0, 0.05) is 12.4 Å². The van der Waals surface area contributed by atoms with Crippen molar-refractivity contribution in [1.82, 2.24) is 19.2 Å². The number of hydrogen-bond acceptors (Lipinski definition) is 5. The van der Waals surface area contributed by atoms with E-state index >= 15 is 0 Å². The molecule has 0 atom stereocenters. The van der Waals surface area contributed by atoms with Crippen LogP contribution in [0.15, 0.2) is 23.4 Å². The van der Waals surface area contributed by atoms with Crippen LogP contribution in [0.1, 0.15) is 0 Å². The minimum absolute atomic E-state index is 0.0238. The van der Waals surface area contributed by atoms with E-state index < -0.39 is 0 Å². The van der Waals surface area contributed by atoms with E-state index in [4.69, 9.17) is 9.84 Å². The largest absolute Gasteiger partial charge is 0.394 e. The third kappa shape index (κ3) is 2.10. The van der Waals surface area contributed by atoms with Crippen LogP contribution in [0.25, 0.3) is 5.65 Å². The van der Waals surface area contributed by atoms with Crippen LogP contribution < -0.4 is 5.69 Å². The lowest BCUT2D eigenvalue weighted by molar-refractivity contribution is 0.0849. The highest BCUT2D eigenvalue weighted by molar-refractivity contribution is 5.31. The highest BCUT2D eigenvalue weighted by atomic mass is 16.5. The maximum absolute atomic E-state index is 11.7. The van der Waals surface area contributed by atoms with Gasteiger partial charge < -0.3 is 9.84 Å². The van der Waals surface area contributed by atoms with Gasteiger partial charge in [0.2, 0.25) is 0 Å². The molecule has 0 saturated carbocycles. The van der Waals surface area contributed by atoms with E-state index in [1.807, 2.05) is 0 Å². The van der Waals surface area contributed by atoms with Gasteiger partial charge in [-0.05, 0) is 0 Å². The van der Waals surface area contributed by atoms with Crippen molar-refractivity contribution in [2.24, 2.45) is 0 Å². The van der Waals surface area contributed by atoms with E-state index in [1.54, 1.807) is 6.20 Å². The fourth-order valence-corrected chi connectivity index (χ4v) is 1.34. The smallest absolute Gasteiger partial charge is 0.350 e. The lowest BCUT2D eigenvalue weighted by atomic mass is 10.7. The molecule has 86 valence electrons. The quantitative estimate of drug-likeness (QED) is 0.652. The summed E-state index contributed by atoms with van der Waals surface area (Å²) in [4.78, 5) is 15.6. The number of fused-ring (bicyclic) bond motifs is 1. The number of aliphatic hydroxyl groups is 1. The Hall–Kier alpha value is -1.73. The summed E-state index contributed by atoms with van der Waals surface area (Å²) in [6.45, 7) is 0.950. The standard InChI is InChI=1S/C9H12N4O3/c14-4-6-16-5-3-13-9(15)12-2-1-10-7-8(12)11-13/h1-2,7,14H,3-6H2. The molecule has 0 fully saturated rings. The Kier molecular flexibility index (Phi) is 3.28. The van der Waals surface area contributed by atoms with Crippen molar-refractivity contribution >= 4 is 5.65 Å². The van der Waals surface area contributed by atoms with Crippen molar-refractivity contribution in [3.8, 4) is 0 Å². The van der Waals surface area contributed by atoms with Gasteiger partial charge in [-0.1, -0.05) is 0 Å². The van der Waals surface area contributed by atoms with E-state index in [9.17, 15) is 4.79 Å². The van der Waals surface area contributed by atoms with E-state index in [1.165, 1.54) is 21.5 Å². The SMILES string of the molecule is O=c1n(CCOCCO)nc2cnccn12. The molecular weight excluding hydrogens is 212 g/mol. The van der Waals surface area contributed by atoms with E-state index in [-0.39, 0.29) is 18.9 Å². The van der Waals surface area contributed by atoms with Gasteiger partial charge in [-0.15, -0.1) is 5.10 Å². The van der Waals surface area contributed by atoms with Crippen LogP contribution in [0.3, 0.4) is 0 Å². The van der Waals surface area contributed by atoms with Crippen LogP contribution in [-0.2, 0) is 11.3 Å². The number of aromatic nitrogens is 4. The van der Waals surface area contributed by atoms with Crippen molar-refractivity contribution in [3.05, 3.63) is 29.1 Å². The zero-order chi connectivity index (χ0) is 11.4. The molecular formula is C9H12N4O3. The molecule has 0 saturated heterocycles. The van der Waals surface area contributed by atoms with Gasteiger partial charge in [0.05, 0.1) is 32.6 Å². The van der Waals surface area contributed by atoms with Crippen LogP contribution in [0, 0.1) is 0 Å². The monoisotopic (exact) mass is 224 g/mol. The number of aliphatic hydroxyl groups excluding tert-OH is 1. The topological polar surface area (TPSA) is 81.6 Å². The van der Waals surface area contributed by atoms with Gasteiger partial charge in [0.1, 0.15) is 0 Å². The Balaban J connectivity index is 2.13. The first-order valence-electron chi connectivity index (χ1n) is 4.90. The zero-order valence-corrected chi connectivity index (χ0v) is 8.61. The molecule has 0 aromatic carbocycles. The first kappa shape index (κ1) is 10.8. The van der Waals surface area contributed by atoms with E-state index in [0.717, 1.165) is 0 Å². The van der Waals surface area contributed by atoms with Gasteiger partial charge >= 0.3 is 5.69 Å². The molecule has 0 aliphatic rings. The van der Waals surface area contributed by atoms with Crippen LogP contribution in [-0.4, -0.2) is 44.1 Å². The third-order valence-corrected chi connectivity index (χ3v) is 2.07. The number of rotatable bonds is 5. The van der Waals surface area contributed by atoms with Crippen LogP contribution in [0.2, 0.25) is 0 Å². The second kappa shape index (κ2) is 4.86. The minimum atomic E-state index is -0.218. The van der Waals surface area contributed by atoms with Gasteiger partial charge in [-0.3, -0.25) is 4.98 Å². The Labute approximate surface area is 90.9 Å². The molecule has 0 bridgehead atoms. The normalized spacial score (nSPS) is 11.1. The first-order valence-corrected chi connectivity index (χ1v) is 4.90. The molecule has 0 unspecified atom stereocenters. The molecule has 2 aromatic rings. The van der Waals surface area contributed by atoms with Crippen molar-refractivity contribution < 1.29 is 9.84 Å². The molecule has 2 rings (SSSR count). The molecule has 0 aliphatic carbocycles. The summed E-state index contributed by atoms with van der Waals surface area (Å²) < 4.78 is 7.79. The van der Waals surface area contributed by atoms with Gasteiger partial charge in [0.25, 0.3) is 0 Å². The molecule has 0 radical (unpaired) electrons. The highest BCUT2D eigenvalue weighted by Crippen LogP contribution is 1.91. The lowest BCUT2D eigenvalue weighted by Crippen LogP contribution is -2.23. The predicted molar refractivity (Wildman–Crippen MR) is 55.2 cm³/mol. The molecule has 16 heavy (non-hydrogen) atoms. The second-order valence-corrected chi connectivity index (χ2v) is 3.15. The predicted octanol–water partition coefficient (Wildman–Crippen LogP) is -1.10. The molecule has 2 aromatic heterocycles. The average molecular weight is 224 g/mol. The van der Waals surface area contributed by atoms with Gasteiger partial charge in [0.15, 0.2) is 5.65 Å². The summed E-state index contributed by atoms with van der Waals surface area (Å²) in [6, 6.07) is 0. The van der Waals surface area contributed by atoms with Gasteiger partial charge in [-0.25, -0.2) is 13.9 Å². The molecule has 2 heterocycles. The summed E-state index contributed by atoms with van der Waals surface area (Å²) in [7, 11) is 0. The Morgan fingerprint density at radius 1 is 1.44 bits per heavy atom. The third-order valence-electron chi connectivity index (χ3n) is 2.07. The van der Waals surface area contributed by atoms with Crippen molar-refractivity contribution in [1.29, 1.82) is 0 Å². The van der Waals surface area contributed by atoms with Gasteiger partial charge in [-0.2, -0.15) is 0 Å². The highest BCUT2D eigenvalue weighted by Gasteiger charge is 2.05. The second-order valence-electron chi connectivity index (χ2n) is 3.15. The molecule has 0 amide bonds. The van der Waals surface area contributed by atoms with Crippen LogP contribution in [0.5, 0.6) is 0 Å². The summed E-state index contributed by atoms with van der Waals surface area (Å²) in [5, 5.41) is 12.6. The maximum atomic E-state index is 11.7. The summed E-state index contributed by atoms with van der Waals surface area (Å²) in [5.74, 6) is 0. The molecule has 7 nitrogen and oxygen atoms in total. The Morgan fingerprint density at radius 3 is 3.06 bits per heavy atom. The van der Waals surface area contributed by atoms with Crippen LogP contribution >= 0.6 is 0 Å². The fourth-order valence-electron chi connectivity index (χ4n) is 1.34. The lowest BCUT2D eigenvalue weighted by Gasteiger charge is -2.00. The zero-order valence-electron chi connectivity index (χ0n) is 8.61. The molecule has 0 aliphatic heterocycles. The van der Waals surface area contributed by atoms with Crippen molar-refractivity contribution in [3.63, 3.8) is 0 Å². The molecule has 0 spiro atoms. The number of ether oxygens (including phenoxy) is 1. The average Bonchev–Trinajstić information content (AvgIpc) is 2.63. The fraction of sp³-hybridized carbons (Fsp3) is 0.444. The summed E-state index contributed by atoms with van der Waals surface area (Å²) in [6.07, 6.45) is 4.62. The molecule has 7 heteroatoms. The summed E-state index contributed by atoms with van der Waals surface area (Å²) in [5.41, 5.74) is 0.291. The maximum Gasteiger partial charge on any atom is 0.350 e. The summed E-state index contributed by atoms with van der Waals surface area (Å²) >= 11 is 0. The number of nitrogens with zero attached hydrogens (tertiary/aromatic N) is 4. The van der Waals surface area contributed by atoms with E-state index in [2.05, 4.69) is 10.1 Å². The van der Waals surface area contributed by atoms with Crippen LogP contribution in [0.4, 0.5) is 0 Å². The van der Waals surface area contributed by atoms with E-state index in [0.29, 0.717) is 18.8 Å². The number of hydrogen-bond donors (Lipinski definition) is 1. The van der Waals surface area contributed by atoms with Crippen molar-refractivity contribution in [2.75, 3.05) is 19.8 Å². The Bertz CT molecular complexity index is 519. The van der Waals surface area contributed by atoms with Crippen molar-refractivity contribution in [2.45, 2.75) is 6.54 Å². The first-order chi connectivity index (χ1) is 7.83. The Morgan fingerprint density at radius 2 is 2.31 bits per heavy atom. The molecule has 1 N–H and O–H groups in total.